The third-order valence-electron chi connectivity index (χ3n) is 11.1. The minimum atomic E-state index is 1.23. The van der Waals surface area contributed by atoms with Crippen LogP contribution in [0.3, 0.4) is 0 Å². The summed E-state index contributed by atoms with van der Waals surface area (Å²) in [6.07, 6.45) is 59.3. The van der Waals surface area contributed by atoms with E-state index < -0.39 is 0 Å². The van der Waals surface area contributed by atoms with Gasteiger partial charge in [-0.05, 0) is 32.1 Å². The zero-order valence-electron chi connectivity index (χ0n) is 33.8. The summed E-state index contributed by atoms with van der Waals surface area (Å²) in [5, 5.41) is 0. The van der Waals surface area contributed by atoms with Crippen LogP contribution >= 0.6 is 0 Å². The number of imidazole rings is 1. The highest BCUT2D eigenvalue weighted by Gasteiger charge is 2.16. The lowest BCUT2D eigenvalue weighted by Crippen LogP contribution is -2.37. The molecule has 0 aliphatic carbocycles. The molecule has 284 valence electrons. The van der Waals surface area contributed by atoms with Gasteiger partial charge >= 0.3 is 0 Å². The molecule has 0 unspecified atom stereocenters. The summed E-state index contributed by atoms with van der Waals surface area (Å²) in [4.78, 5) is 0. The Morgan fingerprint density at radius 3 is 1.00 bits per heavy atom. The van der Waals surface area contributed by atoms with Crippen molar-refractivity contribution < 1.29 is 4.57 Å². The molecule has 48 heavy (non-hydrogen) atoms. The molecule has 0 bridgehead atoms. The van der Waals surface area contributed by atoms with Gasteiger partial charge in [0.25, 0.3) is 5.82 Å². The first-order chi connectivity index (χ1) is 23.8. The Labute approximate surface area is 304 Å². The molecule has 0 fully saturated rings. The van der Waals surface area contributed by atoms with Gasteiger partial charge in [0.05, 0.1) is 13.1 Å². The van der Waals surface area contributed by atoms with Crippen molar-refractivity contribution in [3.8, 4) is 0 Å². The van der Waals surface area contributed by atoms with Crippen LogP contribution in [0.1, 0.15) is 264 Å². The lowest BCUT2D eigenvalue weighted by atomic mass is 10.0. The van der Waals surface area contributed by atoms with Crippen molar-refractivity contribution in [1.82, 2.24) is 4.57 Å². The Balaban J connectivity index is 2.23. The number of rotatable bonds is 40. The molecule has 0 atom stereocenters. The van der Waals surface area contributed by atoms with Crippen molar-refractivity contribution in [3.05, 3.63) is 18.2 Å². The first-order valence-corrected chi connectivity index (χ1v) is 22.9. The van der Waals surface area contributed by atoms with Gasteiger partial charge in [-0.25, -0.2) is 9.13 Å². The lowest BCUT2D eigenvalue weighted by molar-refractivity contribution is -0.704. The number of aromatic nitrogens is 2. The number of aryl methyl sites for hydroxylation is 2. The molecule has 1 rings (SSSR count). The first kappa shape index (κ1) is 45.2. The fraction of sp³-hybridized carbons (Fsp3) is 0.935. The topological polar surface area (TPSA) is 8.81 Å². The highest BCUT2D eigenvalue weighted by molar-refractivity contribution is 4.84. The monoisotopic (exact) mass is 672 g/mol. The van der Waals surface area contributed by atoms with E-state index in [0.717, 1.165) is 0 Å². The third kappa shape index (κ3) is 29.0. The minimum Gasteiger partial charge on any atom is -0.234 e. The van der Waals surface area contributed by atoms with Crippen molar-refractivity contribution in [3.63, 3.8) is 0 Å². The fourth-order valence-corrected chi connectivity index (χ4v) is 7.74. The molecule has 0 aliphatic rings. The molecule has 2 heteroatoms. The van der Waals surface area contributed by atoms with Crippen LogP contribution in [0.2, 0.25) is 0 Å². The molecule has 0 N–H and O–H groups in total. The summed E-state index contributed by atoms with van der Waals surface area (Å²) < 4.78 is 5.29. The number of hydrogen-bond acceptors (Lipinski definition) is 0. The normalized spacial score (nSPS) is 11.6. The van der Waals surface area contributed by atoms with Gasteiger partial charge < -0.3 is 0 Å². The SMILES string of the molecule is CCCCCCCCCCCCCCCCCCc1n(CCCCCCCCCC)cc[n+]1CCCCCCCCCCCCCCC. The van der Waals surface area contributed by atoms with E-state index in [4.69, 9.17) is 0 Å². The van der Waals surface area contributed by atoms with Crippen molar-refractivity contribution in [2.45, 2.75) is 278 Å². The van der Waals surface area contributed by atoms with Crippen molar-refractivity contribution in [2.75, 3.05) is 0 Å². The van der Waals surface area contributed by atoms with Crippen molar-refractivity contribution >= 4 is 0 Å². The standard InChI is InChI=1S/C46H91N2/c1-4-7-10-13-16-19-21-23-24-25-26-28-30-32-35-38-41-46-47(42-39-36-33-18-15-12-9-6-3)44-45-48(46)43-40-37-34-31-29-27-22-20-17-14-11-8-5-2/h44-45H,4-43H2,1-3H3/q+1. The summed E-state index contributed by atoms with van der Waals surface area (Å²) in [6.45, 7) is 9.41. The summed E-state index contributed by atoms with van der Waals surface area (Å²) in [7, 11) is 0. The summed E-state index contributed by atoms with van der Waals surface area (Å²) in [5.74, 6) is 1.63. The molecule has 0 amide bonds. The largest absolute Gasteiger partial charge is 0.256 e. The van der Waals surface area contributed by atoms with Crippen LogP contribution in [0.25, 0.3) is 0 Å². The van der Waals surface area contributed by atoms with Crippen LogP contribution in [0.4, 0.5) is 0 Å². The fourth-order valence-electron chi connectivity index (χ4n) is 7.74. The van der Waals surface area contributed by atoms with E-state index in [1.54, 1.807) is 5.82 Å². The predicted molar refractivity (Wildman–Crippen MR) is 216 cm³/mol. The zero-order chi connectivity index (χ0) is 34.4. The molecule has 0 spiro atoms. The maximum absolute atomic E-state index is 2.65. The zero-order valence-corrected chi connectivity index (χ0v) is 33.8. The second-order valence-electron chi connectivity index (χ2n) is 15.9. The van der Waals surface area contributed by atoms with Crippen molar-refractivity contribution in [1.29, 1.82) is 0 Å². The van der Waals surface area contributed by atoms with Gasteiger partial charge in [-0.2, -0.15) is 0 Å². The van der Waals surface area contributed by atoms with E-state index in [2.05, 4.69) is 42.3 Å². The Morgan fingerprint density at radius 2 is 0.646 bits per heavy atom. The van der Waals surface area contributed by atoms with E-state index in [0.29, 0.717) is 0 Å². The van der Waals surface area contributed by atoms with Gasteiger partial charge in [-0.3, -0.25) is 0 Å². The van der Waals surface area contributed by atoms with Gasteiger partial charge in [-0.15, -0.1) is 0 Å². The van der Waals surface area contributed by atoms with Crippen LogP contribution in [0.5, 0.6) is 0 Å². The Hall–Kier alpha value is -0.790. The van der Waals surface area contributed by atoms with E-state index in [-0.39, 0.29) is 0 Å². The molecule has 1 aromatic rings. The van der Waals surface area contributed by atoms with Crippen LogP contribution in [-0.4, -0.2) is 4.57 Å². The average molecular weight is 672 g/mol. The second kappa shape index (κ2) is 37.5. The molecule has 0 saturated heterocycles. The first-order valence-electron chi connectivity index (χ1n) is 22.9. The summed E-state index contributed by atoms with van der Waals surface area (Å²) >= 11 is 0. The van der Waals surface area contributed by atoms with Gasteiger partial charge in [0, 0.05) is 6.42 Å². The quantitative estimate of drug-likeness (QED) is 0.0485. The maximum Gasteiger partial charge on any atom is 0.256 e. The Morgan fingerprint density at radius 1 is 0.354 bits per heavy atom. The second-order valence-corrected chi connectivity index (χ2v) is 15.9. The molecule has 1 aromatic heterocycles. The molecular formula is C46H91N2+. The average Bonchev–Trinajstić information content (AvgIpc) is 3.48. The summed E-state index contributed by atoms with van der Waals surface area (Å²) in [6, 6.07) is 0. The smallest absolute Gasteiger partial charge is 0.234 e. The van der Waals surface area contributed by atoms with Crippen LogP contribution < -0.4 is 4.57 Å². The van der Waals surface area contributed by atoms with Gasteiger partial charge in [0.1, 0.15) is 12.4 Å². The third-order valence-corrected chi connectivity index (χ3v) is 11.1. The van der Waals surface area contributed by atoms with E-state index in [1.165, 1.54) is 257 Å². The van der Waals surface area contributed by atoms with Gasteiger partial charge in [0.15, 0.2) is 0 Å². The van der Waals surface area contributed by atoms with E-state index in [9.17, 15) is 0 Å². The molecule has 0 saturated carbocycles. The van der Waals surface area contributed by atoms with Crippen molar-refractivity contribution in [2.24, 2.45) is 0 Å². The van der Waals surface area contributed by atoms with Crippen LogP contribution in [0, 0.1) is 0 Å². The number of unbranched alkanes of at least 4 members (excludes halogenated alkanes) is 34. The maximum atomic E-state index is 2.65. The van der Waals surface area contributed by atoms with Gasteiger partial charge in [-0.1, -0.05) is 226 Å². The molecule has 0 aromatic carbocycles. The summed E-state index contributed by atoms with van der Waals surface area (Å²) in [5.41, 5.74) is 0. The number of nitrogens with zero attached hydrogens (tertiary/aromatic N) is 2. The van der Waals surface area contributed by atoms with E-state index in [1.807, 2.05) is 0 Å². The van der Waals surface area contributed by atoms with Gasteiger partial charge in [0.2, 0.25) is 0 Å². The molecular weight excluding hydrogens is 581 g/mol. The highest BCUT2D eigenvalue weighted by atomic mass is 15.1. The molecule has 0 aliphatic heterocycles. The highest BCUT2D eigenvalue weighted by Crippen LogP contribution is 2.16. The Bertz CT molecular complexity index is 736. The van der Waals surface area contributed by atoms with E-state index >= 15 is 0 Å². The molecule has 1 heterocycles. The molecule has 2 nitrogen and oxygen atoms in total. The molecule has 0 radical (unpaired) electrons. The lowest BCUT2D eigenvalue weighted by Gasteiger charge is -2.07. The van der Waals surface area contributed by atoms with Crippen LogP contribution in [0.15, 0.2) is 12.4 Å². The van der Waals surface area contributed by atoms with Crippen LogP contribution in [-0.2, 0) is 19.5 Å². The number of hydrogen-bond donors (Lipinski definition) is 0. The minimum absolute atomic E-state index is 1.23. The Kier molecular flexibility index (Phi) is 35.3. The predicted octanol–water partition coefficient (Wildman–Crippen LogP) is 15.8.